The summed E-state index contributed by atoms with van der Waals surface area (Å²) in [5.41, 5.74) is 0.977. The number of hydrogen-bond donors (Lipinski definition) is 2. The Morgan fingerprint density at radius 1 is 1.29 bits per heavy atom. The number of nitrogens with zero attached hydrogens (tertiary/aromatic N) is 2. The minimum Gasteiger partial charge on any atom is -0.394 e. The lowest BCUT2D eigenvalue weighted by molar-refractivity contribution is 0.156. The second-order valence-electron chi connectivity index (χ2n) is 6.58. The molecule has 0 radical (unpaired) electrons. The van der Waals surface area contributed by atoms with Crippen LogP contribution in [0.3, 0.4) is 0 Å². The summed E-state index contributed by atoms with van der Waals surface area (Å²) in [6.07, 6.45) is 0.0757. The number of aliphatic hydroxyl groups excluding tert-OH is 1. The summed E-state index contributed by atoms with van der Waals surface area (Å²) >= 11 is 0. The van der Waals surface area contributed by atoms with Gasteiger partial charge in [0.15, 0.2) is 0 Å². The molecule has 2 N–H and O–H groups in total. The largest absolute Gasteiger partial charge is 0.394 e. The summed E-state index contributed by atoms with van der Waals surface area (Å²) in [5, 5.41) is 12.1. The van der Waals surface area contributed by atoms with Crippen molar-refractivity contribution in [2.45, 2.75) is 25.1 Å². The van der Waals surface area contributed by atoms with Crippen LogP contribution in [-0.4, -0.2) is 61.0 Å². The van der Waals surface area contributed by atoms with E-state index in [-0.39, 0.29) is 31.4 Å². The molecule has 2 amide bonds. The van der Waals surface area contributed by atoms with Crippen molar-refractivity contribution in [2.75, 3.05) is 37.7 Å². The zero-order chi connectivity index (χ0) is 17.1. The van der Waals surface area contributed by atoms with E-state index in [1.165, 1.54) is 17.0 Å². The number of carbonyl (C=O) groups excluding carboxylic acids is 1. The van der Waals surface area contributed by atoms with Gasteiger partial charge in [-0.15, -0.1) is 0 Å². The van der Waals surface area contributed by atoms with Gasteiger partial charge < -0.3 is 20.2 Å². The molecule has 0 bridgehead atoms. The van der Waals surface area contributed by atoms with E-state index in [1.807, 2.05) is 0 Å². The van der Waals surface area contributed by atoms with Crippen molar-refractivity contribution in [2.24, 2.45) is 5.92 Å². The summed E-state index contributed by atoms with van der Waals surface area (Å²) in [6.45, 7) is 2.00. The Bertz CT molecular complexity index is 569. The second kappa shape index (κ2) is 7.34. The fourth-order valence-electron chi connectivity index (χ4n) is 3.50. The lowest BCUT2D eigenvalue weighted by Crippen LogP contribution is -2.45. The van der Waals surface area contributed by atoms with Crippen molar-refractivity contribution >= 4 is 11.7 Å². The first-order valence-corrected chi connectivity index (χ1v) is 8.36. The number of benzene rings is 1. The number of nitrogens with one attached hydrogen (secondary N) is 1. The standard InChI is InChI=1S/C17H23F2N3O2/c18-13-1-3-15(4-2-13)21-6-5-12(9-21)8-20-17(24)22-10-14(19)7-16(22)11-23/h1-4,12,14,16,23H,5-11H2,(H,20,24). The van der Waals surface area contributed by atoms with Crippen LogP contribution >= 0.6 is 0 Å². The first-order valence-electron chi connectivity index (χ1n) is 8.36. The molecular formula is C17H23F2N3O2. The minimum absolute atomic E-state index is 0.0451. The third-order valence-electron chi connectivity index (χ3n) is 4.85. The molecule has 0 spiro atoms. The summed E-state index contributed by atoms with van der Waals surface area (Å²) in [5.74, 6) is 0.0485. The Morgan fingerprint density at radius 3 is 2.75 bits per heavy atom. The molecule has 0 aromatic heterocycles. The van der Waals surface area contributed by atoms with Crippen molar-refractivity contribution in [3.8, 4) is 0 Å². The number of urea groups is 1. The van der Waals surface area contributed by atoms with Crippen molar-refractivity contribution in [1.82, 2.24) is 10.2 Å². The van der Waals surface area contributed by atoms with Crippen LogP contribution in [0.5, 0.6) is 0 Å². The molecular weight excluding hydrogens is 316 g/mol. The number of anilines is 1. The molecule has 0 aliphatic carbocycles. The SMILES string of the molecule is O=C(NCC1CCN(c2ccc(F)cc2)C1)N1CC(F)CC1CO. The second-order valence-corrected chi connectivity index (χ2v) is 6.58. The number of rotatable bonds is 4. The summed E-state index contributed by atoms with van der Waals surface area (Å²) in [7, 11) is 0. The molecule has 3 rings (SSSR count). The maximum atomic E-state index is 13.4. The van der Waals surface area contributed by atoms with Crippen molar-refractivity contribution in [3.05, 3.63) is 30.1 Å². The van der Waals surface area contributed by atoms with Crippen molar-refractivity contribution in [3.63, 3.8) is 0 Å². The smallest absolute Gasteiger partial charge is 0.317 e. The van der Waals surface area contributed by atoms with E-state index >= 15 is 0 Å². The molecule has 2 aliphatic rings. The first kappa shape index (κ1) is 17.0. The van der Waals surface area contributed by atoms with Gasteiger partial charge in [0.2, 0.25) is 0 Å². The van der Waals surface area contributed by atoms with Crippen LogP contribution in [-0.2, 0) is 0 Å². The lowest BCUT2D eigenvalue weighted by Gasteiger charge is -2.24. The monoisotopic (exact) mass is 339 g/mol. The molecule has 132 valence electrons. The van der Waals surface area contributed by atoms with Crippen LogP contribution in [0.25, 0.3) is 0 Å². The van der Waals surface area contributed by atoms with E-state index in [0.717, 1.165) is 25.2 Å². The molecule has 3 unspecified atom stereocenters. The molecule has 1 aromatic carbocycles. The van der Waals surface area contributed by atoms with E-state index in [4.69, 9.17) is 0 Å². The van der Waals surface area contributed by atoms with Crippen LogP contribution in [0.1, 0.15) is 12.8 Å². The molecule has 2 fully saturated rings. The molecule has 3 atom stereocenters. The molecule has 2 heterocycles. The Kier molecular flexibility index (Phi) is 5.18. The highest BCUT2D eigenvalue weighted by atomic mass is 19.1. The van der Waals surface area contributed by atoms with Gasteiger partial charge in [0, 0.05) is 31.7 Å². The van der Waals surface area contributed by atoms with E-state index in [9.17, 15) is 18.7 Å². The maximum Gasteiger partial charge on any atom is 0.317 e. The quantitative estimate of drug-likeness (QED) is 0.879. The van der Waals surface area contributed by atoms with Gasteiger partial charge in [0.1, 0.15) is 12.0 Å². The molecule has 2 saturated heterocycles. The van der Waals surface area contributed by atoms with Gasteiger partial charge in [0.25, 0.3) is 0 Å². The van der Waals surface area contributed by atoms with Gasteiger partial charge in [-0.25, -0.2) is 13.6 Å². The molecule has 24 heavy (non-hydrogen) atoms. The molecule has 0 saturated carbocycles. The van der Waals surface area contributed by atoms with Crippen LogP contribution in [0.15, 0.2) is 24.3 Å². The lowest BCUT2D eigenvalue weighted by atomic mass is 10.1. The van der Waals surface area contributed by atoms with Gasteiger partial charge in [0.05, 0.1) is 19.2 Å². The maximum absolute atomic E-state index is 13.4. The van der Waals surface area contributed by atoms with E-state index in [1.54, 1.807) is 12.1 Å². The summed E-state index contributed by atoms with van der Waals surface area (Å²) in [4.78, 5) is 15.7. The molecule has 2 aliphatic heterocycles. The topological polar surface area (TPSA) is 55.8 Å². The number of carbonyl (C=O) groups is 1. The van der Waals surface area contributed by atoms with Crippen molar-refractivity contribution in [1.29, 1.82) is 0 Å². The van der Waals surface area contributed by atoms with Crippen LogP contribution in [0, 0.1) is 11.7 Å². The highest BCUT2D eigenvalue weighted by Crippen LogP contribution is 2.24. The number of amides is 2. The van der Waals surface area contributed by atoms with Gasteiger partial charge in [-0.3, -0.25) is 0 Å². The summed E-state index contributed by atoms with van der Waals surface area (Å²) in [6, 6.07) is 5.66. The molecule has 7 heteroatoms. The first-order chi connectivity index (χ1) is 11.6. The fraction of sp³-hybridized carbons (Fsp3) is 0.588. The predicted octanol–water partition coefficient (Wildman–Crippen LogP) is 1.77. The van der Waals surface area contributed by atoms with Gasteiger partial charge in [-0.05, 0) is 36.6 Å². The third kappa shape index (κ3) is 3.77. The minimum atomic E-state index is -1.06. The third-order valence-corrected chi connectivity index (χ3v) is 4.85. The molecule has 5 nitrogen and oxygen atoms in total. The Labute approximate surface area is 140 Å². The summed E-state index contributed by atoms with van der Waals surface area (Å²) < 4.78 is 26.4. The number of aliphatic hydroxyl groups is 1. The van der Waals surface area contributed by atoms with Gasteiger partial charge >= 0.3 is 6.03 Å². The number of hydrogen-bond acceptors (Lipinski definition) is 3. The molecule has 1 aromatic rings. The van der Waals surface area contributed by atoms with E-state index in [2.05, 4.69) is 10.2 Å². The zero-order valence-electron chi connectivity index (χ0n) is 13.5. The van der Waals surface area contributed by atoms with Gasteiger partial charge in [-0.1, -0.05) is 0 Å². The van der Waals surface area contributed by atoms with Crippen LogP contribution in [0.2, 0.25) is 0 Å². The van der Waals surface area contributed by atoms with Crippen LogP contribution in [0.4, 0.5) is 19.3 Å². The predicted molar refractivity (Wildman–Crippen MR) is 87.2 cm³/mol. The number of likely N-dealkylation sites (tertiary alicyclic amines) is 1. The average Bonchev–Trinajstić information content (AvgIpc) is 3.19. The van der Waals surface area contributed by atoms with Crippen LogP contribution < -0.4 is 10.2 Å². The number of alkyl halides is 1. The Hall–Kier alpha value is -1.89. The Balaban J connectivity index is 1.47. The highest BCUT2D eigenvalue weighted by Gasteiger charge is 2.35. The highest BCUT2D eigenvalue weighted by molar-refractivity contribution is 5.75. The number of halogens is 2. The average molecular weight is 339 g/mol. The van der Waals surface area contributed by atoms with Crippen molar-refractivity contribution < 1.29 is 18.7 Å². The zero-order valence-corrected chi connectivity index (χ0v) is 13.5. The van der Waals surface area contributed by atoms with E-state index < -0.39 is 12.2 Å². The van der Waals surface area contributed by atoms with E-state index in [0.29, 0.717) is 12.5 Å². The van der Waals surface area contributed by atoms with Gasteiger partial charge in [-0.2, -0.15) is 0 Å². The fourth-order valence-corrected chi connectivity index (χ4v) is 3.50. The Morgan fingerprint density at radius 2 is 2.04 bits per heavy atom. The normalized spacial score (nSPS) is 26.9.